The van der Waals surface area contributed by atoms with E-state index < -0.39 is 6.10 Å². The smallest absolute Gasteiger partial charge is 0.338 e. The molecule has 0 heterocycles. The summed E-state index contributed by atoms with van der Waals surface area (Å²) in [6.45, 7) is 4.88. The van der Waals surface area contributed by atoms with Crippen LogP contribution in [-0.4, -0.2) is 53.0 Å². The van der Waals surface area contributed by atoms with Crippen molar-refractivity contribution >= 4 is 23.5 Å². The molecule has 1 aromatic rings. The first-order valence-corrected chi connectivity index (χ1v) is 23.0. The molecule has 1 aromatic carbocycles. The lowest BCUT2D eigenvalue weighted by molar-refractivity contribution is -0.144. The zero-order valence-corrected chi connectivity index (χ0v) is 35.5. The minimum absolute atomic E-state index is 0.0126. The number of unbranched alkanes of at least 4 members (excludes halogenated alkanes) is 14. The molecule has 0 aliphatic heterocycles. The van der Waals surface area contributed by atoms with E-state index in [0.29, 0.717) is 37.7 Å². The number of carbonyl (C=O) groups is 2. The molecule has 2 saturated carbocycles. The minimum Gasteiger partial charge on any atom is -0.466 e. The second kappa shape index (κ2) is 28.3. The third kappa shape index (κ3) is 18.3. The Hall–Kier alpha value is -2.15. The van der Waals surface area contributed by atoms with E-state index in [4.69, 9.17) is 21.1 Å². The van der Waals surface area contributed by atoms with Gasteiger partial charge in [-0.2, -0.15) is 0 Å². The molecule has 2 aliphatic carbocycles. The first-order chi connectivity index (χ1) is 26.8. The second-order valence-electron chi connectivity index (χ2n) is 16.7. The summed E-state index contributed by atoms with van der Waals surface area (Å²) >= 11 is 6.63. The van der Waals surface area contributed by atoms with E-state index in [0.717, 1.165) is 44.9 Å². The van der Waals surface area contributed by atoms with Crippen LogP contribution in [0.2, 0.25) is 0 Å². The van der Waals surface area contributed by atoms with E-state index in [-0.39, 0.29) is 53.9 Å². The number of halogens is 1. The summed E-state index contributed by atoms with van der Waals surface area (Å²) in [5.41, 5.74) is 1.83. The third-order valence-electron chi connectivity index (χ3n) is 12.4. The van der Waals surface area contributed by atoms with Crippen LogP contribution < -0.4 is 0 Å². The van der Waals surface area contributed by atoms with Crippen molar-refractivity contribution in [3.05, 3.63) is 59.7 Å². The number of hydrogen-bond donors (Lipinski definition) is 2. The van der Waals surface area contributed by atoms with E-state index in [1.807, 2.05) is 12.1 Å². The van der Waals surface area contributed by atoms with Crippen LogP contribution >= 0.6 is 11.6 Å². The van der Waals surface area contributed by atoms with Crippen molar-refractivity contribution in [1.82, 2.24) is 0 Å². The first kappa shape index (κ1) is 47.2. The lowest BCUT2D eigenvalue weighted by Crippen LogP contribution is -2.40. The quantitative estimate of drug-likeness (QED) is 0.0337. The van der Waals surface area contributed by atoms with Crippen LogP contribution in [0.4, 0.5) is 0 Å². The topological polar surface area (TPSA) is 93.1 Å². The minimum atomic E-state index is -0.462. The molecule has 0 radical (unpaired) electrons. The van der Waals surface area contributed by atoms with Crippen LogP contribution in [0.1, 0.15) is 190 Å². The molecule has 5 atom stereocenters. The number of aryl methyl sites for hydroxylation is 1. The number of benzene rings is 1. The van der Waals surface area contributed by atoms with Crippen molar-refractivity contribution in [2.75, 3.05) is 13.2 Å². The van der Waals surface area contributed by atoms with Crippen LogP contribution in [-0.2, 0) is 20.7 Å². The molecular weight excluding hydrogens is 708 g/mol. The largest absolute Gasteiger partial charge is 0.466 e. The number of hydrogen-bond acceptors (Lipinski definition) is 6. The molecule has 3 rings (SSSR count). The first-order valence-electron chi connectivity index (χ1n) is 22.5. The van der Waals surface area contributed by atoms with Crippen LogP contribution in [0.5, 0.6) is 0 Å². The number of carbonyl (C=O) groups excluding carboxylic acids is 2. The van der Waals surface area contributed by atoms with Gasteiger partial charge in [-0.25, -0.2) is 4.79 Å². The van der Waals surface area contributed by atoms with Crippen LogP contribution in [0.3, 0.4) is 0 Å². The van der Waals surface area contributed by atoms with Gasteiger partial charge >= 0.3 is 11.9 Å². The van der Waals surface area contributed by atoms with Gasteiger partial charge in [-0.05, 0) is 93.2 Å². The van der Waals surface area contributed by atoms with E-state index in [9.17, 15) is 19.8 Å². The second-order valence-corrected chi connectivity index (χ2v) is 17.2. The predicted molar refractivity (Wildman–Crippen MR) is 228 cm³/mol. The van der Waals surface area contributed by atoms with Crippen molar-refractivity contribution in [1.29, 1.82) is 0 Å². The van der Waals surface area contributed by atoms with Gasteiger partial charge < -0.3 is 19.7 Å². The van der Waals surface area contributed by atoms with Gasteiger partial charge in [-0.3, -0.25) is 4.79 Å². The van der Waals surface area contributed by atoms with E-state index in [2.05, 4.69) is 44.2 Å². The summed E-state index contributed by atoms with van der Waals surface area (Å²) in [6, 6.07) is 7.77. The molecular formula is C48H77ClO6. The number of ether oxygens (including phenoxy) is 2. The predicted octanol–water partition coefficient (Wildman–Crippen LogP) is 12.4. The fraction of sp³-hybridized carbons (Fsp3) is 0.750. The van der Waals surface area contributed by atoms with Gasteiger partial charge in [0.2, 0.25) is 0 Å². The Kier molecular flexibility index (Phi) is 24.3. The third-order valence-corrected chi connectivity index (χ3v) is 12.9. The zero-order chi connectivity index (χ0) is 39.6. The molecule has 6 nitrogen and oxygen atoms in total. The Labute approximate surface area is 340 Å². The van der Waals surface area contributed by atoms with Gasteiger partial charge in [0.1, 0.15) is 0 Å². The molecule has 312 valence electrons. The highest BCUT2D eigenvalue weighted by Crippen LogP contribution is 2.48. The summed E-state index contributed by atoms with van der Waals surface area (Å²) in [5.74, 6) is -0.438. The normalized spacial score (nSPS) is 21.3. The summed E-state index contributed by atoms with van der Waals surface area (Å²) < 4.78 is 10.8. The molecule has 0 saturated heterocycles. The molecule has 2 N–H and O–H groups in total. The van der Waals surface area contributed by atoms with Gasteiger partial charge in [-0.15, -0.1) is 11.6 Å². The Morgan fingerprint density at radius 2 is 1.51 bits per heavy atom. The SMILES string of the molecule is CCCCCCCCCCCCCCCCc1cccc(C(=O)OCCCOC(=O)CCC/C=C\C[C@@H]2[C@@H](/C=C/C[C@H](O)C3(CC)CCC3)[C@H](O)C[C@H]2Cl)c1. The standard InChI is InChI=1S/C48H77ClO6/c1-3-5-6-7-8-9-10-11-12-13-14-15-16-19-26-39-27-22-28-40(37-39)47(53)55-36-25-35-54-46(52)32-21-18-17-20-29-41-42(44(50)38-43(41)49)30-23-31-45(51)48(4-2)33-24-34-48/h17,20,22-23,27-28,30,37,41-45,50-51H,3-16,18-19,21,24-26,29,31-36,38H2,1-2H3/b20-17-,30-23+/t41-,42-,43-,44-,45+/m1/s1. The van der Waals surface area contributed by atoms with Crippen molar-refractivity contribution in [3.8, 4) is 0 Å². The Balaban J connectivity index is 1.18. The highest BCUT2D eigenvalue weighted by molar-refractivity contribution is 6.21. The fourth-order valence-electron chi connectivity index (χ4n) is 8.51. The maximum absolute atomic E-state index is 12.6. The van der Waals surface area contributed by atoms with Gasteiger partial charge in [0.25, 0.3) is 0 Å². The van der Waals surface area contributed by atoms with E-state index >= 15 is 0 Å². The average molecular weight is 786 g/mol. The average Bonchev–Trinajstić information content (AvgIpc) is 3.43. The van der Waals surface area contributed by atoms with Crippen LogP contribution in [0.15, 0.2) is 48.6 Å². The number of allylic oxidation sites excluding steroid dienone is 2. The molecule has 0 amide bonds. The zero-order valence-electron chi connectivity index (χ0n) is 34.7. The van der Waals surface area contributed by atoms with E-state index in [1.165, 1.54) is 95.5 Å². The number of esters is 2. The molecule has 2 fully saturated rings. The molecule has 0 spiro atoms. The molecule has 55 heavy (non-hydrogen) atoms. The molecule has 2 aliphatic rings. The van der Waals surface area contributed by atoms with Crippen molar-refractivity contribution in [2.45, 2.75) is 198 Å². The number of aliphatic hydroxyl groups is 2. The van der Waals surface area contributed by atoms with Crippen molar-refractivity contribution < 1.29 is 29.3 Å². The molecule has 7 heteroatoms. The molecule has 0 aromatic heterocycles. The molecule has 0 unspecified atom stereocenters. The van der Waals surface area contributed by atoms with Crippen LogP contribution in [0.25, 0.3) is 0 Å². The summed E-state index contributed by atoms with van der Waals surface area (Å²) in [5, 5.41) is 21.3. The van der Waals surface area contributed by atoms with E-state index in [1.54, 1.807) is 6.07 Å². The van der Waals surface area contributed by atoms with Crippen molar-refractivity contribution in [3.63, 3.8) is 0 Å². The van der Waals surface area contributed by atoms with Crippen LogP contribution in [0, 0.1) is 17.3 Å². The van der Waals surface area contributed by atoms with Gasteiger partial charge in [0.05, 0.1) is 31.0 Å². The number of aliphatic hydroxyl groups excluding tert-OH is 2. The fourth-order valence-corrected chi connectivity index (χ4v) is 8.96. The Morgan fingerprint density at radius 1 is 0.855 bits per heavy atom. The maximum atomic E-state index is 12.6. The van der Waals surface area contributed by atoms with Gasteiger partial charge in [0, 0.05) is 24.1 Å². The summed E-state index contributed by atoms with van der Waals surface area (Å²) in [6.07, 6.45) is 36.0. The molecule has 0 bridgehead atoms. The lowest BCUT2D eigenvalue weighted by Gasteiger charge is -2.45. The summed E-state index contributed by atoms with van der Waals surface area (Å²) in [4.78, 5) is 24.9. The van der Waals surface area contributed by atoms with Crippen molar-refractivity contribution in [2.24, 2.45) is 17.3 Å². The highest BCUT2D eigenvalue weighted by atomic mass is 35.5. The van der Waals surface area contributed by atoms with Gasteiger partial charge in [-0.1, -0.05) is 140 Å². The number of rotatable bonds is 31. The van der Waals surface area contributed by atoms with Gasteiger partial charge in [0.15, 0.2) is 0 Å². The summed E-state index contributed by atoms with van der Waals surface area (Å²) in [7, 11) is 0. The Bertz CT molecular complexity index is 1240. The monoisotopic (exact) mass is 785 g/mol. The Morgan fingerprint density at radius 3 is 2.15 bits per heavy atom. The highest BCUT2D eigenvalue weighted by Gasteiger charge is 2.42. The maximum Gasteiger partial charge on any atom is 0.338 e. The number of alkyl halides is 1. The lowest BCUT2D eigenvalue weighted by atomic mass is 9.63.